The van der Waals surface area contributed by atoms with Crippen LogP contribution < -0.4 is 77.4 Å². The molecule has 15 N–H and O–H groups in total. The molecule has 12 rings (SSSR count). The molecule has 688 valence electrons. The van der Waals surface area contributed by atoms with Gasteiger partial charge in [-0.1, -0.05) is 55.6 Å². The van der Waals surface area contributed by atoms with E-state index in [9.17, 15) is 64.5 Å². The summed E-state index contributed by atoms with van der Waals surface area (Å²) in [6.07, 6.45) is 7.51. The molecule has 2 unspecified atom stereocenters. The van der Waals surface area contributed by atoms with Gasteiger partial charge in [0, 0.05) is 100 Å². The van der Waals surface area contributed by atoms with Crippen molar-refractivity contribution in [1.82, 2.24) is 39.9 Å². The van der Waals surface area contributed by atoms with Crippen molar-refractivity contribution < 1.29 is 98.4 Å². The lowest BCUT2D eigenvalue weighted by Gasteiger charge is -2.24. The average molecular weight is 1820 g/mol. The third-order valence-corrected chi connectivity index (χ3v) is 17.0. The maximum atomic E-state index is 14.4. The Morgan fingerprint density at radius 1 is 0.417 bits per heavy atom. The van der Waals surface area contributed by atoms with Crippen LogP contribution in [0.1, 0.15) is 40.2 Å². The van der Waals surface area contributed by atoms with Gasteiger partial charge >= 0.3 is 0 Å². The SMILES string of the molecule is C=CC(=O)Nc1cccc(Nc2nc(Nc3ccc(OC(C)(C)CO)c(F)c3)ncc2F)c1.C=CC(=O)Nc1cccc(Nc2nc(Nc3ccc(OC(C)CO)c(F)c3)ncc2F)c1.C=CC(=O)Nc1cccc(Nc2nc(Nc3ccc(OCC(O)CO)c(F)c3)ncc2F)c1.COCCOc1ccc(Nc2ncc(F)c(Nc3ccc(CC(=O)C=C(C)C)cc3)n2)cc1F. The number of amides is 3. The van der Waals surface area contributed by atoms with Crippen LogP contribution >= 0.6 is 0 Å². The first-order chi connectivity index (χ1) is 63.3. The number of nitrogens with one attached hydrogen (secondary N) is 11. The third-order valence-electron chi connectivity index (χ3n) is 17.0. The molecule has 0 aliphatic carbocycles. The molecule has 8 aromatic carbocycles. The van der Waals surface area contributed by atoms with E-state index in [4.69, 9.17) is 33.9 Å². The summed E-state index contributed by atoms with van der Waals surface area (Å²) in [5.74, 6) is -6.84. The van der Waals surface area contributed by atoms with Crippen LogP contribution in [0.2, 0.25) is 0 Å². The van der Waals surface area contributed by atoms with Crippen LogP contribution in [0.4, 0.5) is 145 Å². The van der Waals surface area contributed by atoms with E-state index in [1.54, 1.807) is 130 Å². The quantitative estimate of drug-likeness (QED) is 0.00966. The van der Waals surface area contributed by atoms with Gasteiger partial charge in [0.15, 0.2) is 98.6 Å². The van der Waals surface area contributed by atoms with Crippen molar-refractivity contribution in [2.75, 3.05) is 105 Å². The summed E-state index contributed by atoms with van der Waals surface area (Å²) in [5, 5.41) is 66.7. The highest BCUT2D eigenvalue weighted by Gasteiger charge is 2.23. The first kappa shape index (κ1) is 99.7. The molecule has 0 saturated heterocycles. The number of hydrogen-bond acceptors (Lipinski definition) is 29. The molecule has 0 saturated carbocycles. The molecule has 32 nitrogen and oxygen atoms in total. The van der Waals surface area contributed by atoms with Crippen molar-refractivity contribution in [3.63, 3.8) is 0 Å². The molecule has 4 aromatic heterocycles. The smallest absolute Gasteiger partial charge is 0.247 e. The Hall–Kier alpha value is -16.0. The molecule has 132 heavy (non-hydrogen) atoms. The Balaban J connectivity index is 0.000000198. The standard InChI is InChI=1S/C25H26F2N4O3.C23H23F2N5O3.C22H21F2N5O4.C22H21F2N5O3/c1-16(2)12-20(32)13-17-4-6-18(7-5-17)29-24-22(27)15-28-25(31-24)30-19-8-9-23(21(26)14-19)34-11-10-33-3;1-4-20(32)27-14-6-5-7-15(10-14)28-21-18(25)12-26-22(30-21)29-16-8-9-19(17(24)11-16)33-23(2,3)13-31;1-2-20(32)26-13-4-3-5-14(8-13)27-21-18(24)10-25-22(29-21)28-15-6-7-19(17(23)9-15)33-12-16(31)11-30;1-3-20(31)26-14-5-4-6-15(9-14)27-21-18(24)11-25-22(29-21)28-16-7-8-19(17(23)10-16)32-13(2)12-30/h4-9,12,14-15H,10-11,13H2,1-3H3,(H2,28,29,30,31);4-12,31H,1,13H2,2-3H3,(H,27,32)(H2,26,28,29,30);2-10,16,30-31H,1,11-12H2,(H,26,32)(H2,25,27,28,29);3-11,13,30H,1,12H2,2H3,(H,26,31)(H2,25,27,28,29). The van der Waals surface area contributed by atoms with Gasteiger partial charge in [0.25, 0.3) is 0 Å². The number of nitrogens with zero attached hydrogens (tertiary/aromatic N) is 8. The van der Waals surface area contributed by atoms with E-state index in [0.717, 1.165) is 60.2 Å². The second-order valence-electron chi connectivity index (χ2n) is 28.6. The van der Waals surface area contributed by atoms with Crippen molar-refractivity contribution in [2.45, 2.75) is 58.8 Å². The maximum Gasteiger partial charge on any atom is 0.247 e. The maximum absolute atomic E-state index is 14.4. The molecule has 0 spiro atoms. The molecular formula is C92H91F8N19O13. The monoisotopic (exact) mass is 1820 g/mol. The van der Waals surface area contributed by atoms with E-state index in [1.165, 1.54) is 67.8 Å². The number of aromatic nitrogens is 8. The number of benzene rings is 8. The summed E-state index contributed by atoms with van der Waals surface area (Å²) >= 11 is 0. The summed E-state index contributed by atoms with van der Waals surface area (Å²) in [4.78, 5) is 78.2. The zero-order valence-electron chi connectivity index (χ0n) is 71.6. The van der Waals surface area contributed by atoms with Crippen LogP contribution in [0.15, 0.2) is 244 Å². The number of allylic oxidation sites excluding steroid dienone is 2. The third kappa shape index (κ3) is 32.4. The van der Waals surface area contributed by atoms with Gasteiger partial charge in [0.05, 0.1) is 51.2 Å². The number of methoxy groups -OCH3 is 1. The van der Waals surface area contributed by atoms with Crippen molar-refractivity contribution in [3.8, 4) is 23.0 Å². The number of aliphatic hydroxyl groups is 4. The van der Waals surface area contributed by atoms with E-state index in [2.05, 4.69) is 118 Å². The molecule has 0 aliphatic heterocycles. The highest BCUT2D eigenvalue weighted by molar-refractivity contribution is 6.00. The molecule has 2 atom stereocenters. The van der Waals surface area contributed by atoms with E-state index < -0.39 is 71.0 Å². The Morgan fingerprint density at radius 3 is 1.08 bits per heavy atom. The number of halogens is 8. The Labute approximate surface area is 751 Å². The minimum absolute atomic E-state index is 0.00112. The molecule has 0 radical (unpaired) electrons. The second kappa shape index (κ2) is 49.3. The lowest BCUT2D eigenvalue weighted by Crippen LogP contribution is -2.32. The lowest BCUT2D eigenvalue weighted by molar-refractivity contribution is -0.114. The molecule has 0 bridgehead atoms. The lowest BCUT2D eigenvalue weighted by atomic mass is 10.1. The molecule has 0 aliphatic rings. The van der Waals surface area contributed by atoms with Crippen LogP contribution in [0.3, 0.4) is 0 Å². The van der Waals surface area contributed by atoms with E-state index in [-0.39, 0.29) is 132 Å². The number of ketones is 1. The average Bonchev–Trinajstić information content (AvgIpc) is 0.837. The van der Waals surface area contributed by atoms with Crippen LogP contribution in [0.5, 0.6) is 23.0 Å². The van der Waals surface area contributed by atoms with Crippen molar-refractivity contribution in [3.05, 3.63) is 296 Å². The van der Waals surface area contributed by atoms with Gasteiger partial charge in [-0.25, -0.2) is 55.1 Å². The largest absolute Gasteiger partial charge is 0.488 e. The highest BCUT2D eigenvalue weighted by atomic mass is 19.2. The number of carbonyl (C=O) groups excluding carboxylic acids is 4. The molecule has 12 aromatic rings. The fourth-order valence-electron chi connectivity index (χ4n) is 10.8. The van der Waals surface area contributed by atoms with Crippen LogP contribution in [0, 0.1) is 46.5 Å². The fourth-order valence-corrected chi connectivity index (χ4v) is 10.8. The van der Waals surface area contributed by atoms with Gasteiger partial charge < -0.3 is 103 Å². The first-order valence-corrected chi connectivity index (χ1v) is 39.7. The predicted molar refractivity (Wildman–Crippen MR) is 485 cm³/mol. The summed E-state index contributed by atoms with van der Waals surface area (Å²) in [6.45, 7) is 18.0. The molecule has 0 fully saturated rings. The van der Waals surface area contributed by atoms with Gasteiger partial charge in [-0.15, -0.1) is 0 Å². The normalized spacial score (nSPS) is 11.0. The van der Waals surface area contributed by atoms with Crippen LogP contribution in [0.25, 0.3) is 0 Å². The van der Waals surface area contributed by atoms with Gasteiger partial charge in [0.1, 0.15) is 31.0 Å². The van der Waals surface area contributed by atoms with E-state index in [1.807, 2.05) is 13.8 Å². The zero-order chi connectivity index (χ0) is 95.4. The molecule has 4 heterocycles. The van der Waals surface area contributed by atoms with Gasteiger partial charge in [-0.2, -0.15) is 19.9 Å². The summed E-state index contributed by atoms with van der Waals surface area (Å²) in [7, 11) is 1.53. The second-order valence-corrected chi connectivity index (χ2v) is 28.6. The van der Waals surface area contributed by atoms with Gasteiger partial charge in [0.2, 0.25) is 41.5 Å². The highest BCUT2D eigenvalue weighted by Crippen LogP contribution is 2.33. The number of aliphatic hydroxyl groups excluding tert-OH is 4. The summed E-state index contributed by atoms with van der Waals surface area (Å²) < 4.78 is 140. The van der Waals surface area contributed by atoms with E-state index >= 15 is 0 Å². The Morgan fingerprint density at radius 2 is 0.750 bits per heavy atom. The number of carbonyl (C=O) groups is 4. The van der Waals surface area contributed by atoms with Crippen molar-refractivity contribution in [1.29, 1.82) is 0 Å². The fraction of sp³-hybridized carbons (Fsp3) is 0.174. The summed E-state index contributed by atoms with van der Waals surface area (Å²) in [5.41, 5.74) is 5.56. The number of hydrogen-bond donors (Lipinski definition) is 15. The minimum Gasteiger partial charge on any atom is -0.488 e. The minimum atomic E-state index is -1.13. The van der Waals surface area contributed by atoms with Crippen LogP contribution in [-0.4, -0.2) is 148 Å². The van der Waals surface area contributed by atoms with Gasteiger partial charge in [-0.3, -0.25) is 19.2 Å². The molecular weight excluding hydrogens is 1730 g/mol. The zero-order valence-corrected chi connectivity index (χ0v) is 71.6. The number of ether oxygens (including phenoxy) is 5. The molecule has 3 amide bonds. The predicted octanol–water partition coefficient (Wildman–Crippen LogP) is 17.1. The molecule has 40 heteroatoms. The Bertz CT molecular complexity index is 6050. The number of rotatable bonds is 39. The Kier molecular flexibility index (Phi) is 37.3. The van der Waals surface area contributed by atoms with Gasteiger partial charge in [-0.05, 0) is 180 Å². The van der Waals surface area contributed by atoms with Crippen molar-refractivity contribution in [2.24, 2.45) is 0 Å². The number of anilines is 19. The first-order valence-electron chi connectivity index (χ1n) is 39.7. The summed E-state index contributed by atoms with van der Waals surface area (Å²) in [6, 6.07) is 43.2. The topological polar surface area (TPSA) is 431 Å². The van der Waals surface area contributed by atoms with Crippen LogP contribution in [-0.2, 0) is 30.3 Å². The van der Waals surface area contributed by atoms with Crippen molar-refractivity contribution >= 4 is 133 Å². The van der Waals surface area contributed by atoms with E-state index in [0.29, 0.717) is 63.5 Å².